The first-order valence-corrected chi connectivity index (χ1v) is 4.96. The molecule has 5 nitrogen and oxygen atoms in total. The van der Waals surface area contributed by atoms with Gasteiger partial charge in [-0.25, -0.2) is 4.98 Å². The maximum atomic E-state index is 12.5. The van der Waals surface area contributed by atoms with Crippen LogP contribution in [-0.2, 0) is 6.18 Å². The first kappa shape index (κ1) is 13.5. The number of halogens is 3. The average molecular weight is 250 g/mol. The molecule has 0 saturated heterocycles. The second-order valence-corrected chi connectivity index (χ2v) is 3.21. The first-order chi connectivity index (χ1) is 7.97. The van der Waals surface area contributed by atoms with Gasteiger partial charge in [0.2, 0.25) is 5.95 Å². The molecule has 0 radical (unpaired) electrons. The lowest BCUT2D eigenvalue weighted by molar-refractivity contribution is -0.141. The first-order valence-electron chi connectivity index (χ1n) is 4.96. The molecule has 0 aromatic carbocycles. The van der Waals surface area contributed by atoms with Gasteiger partial charge in [-0.1, -0.05) is 0 Å². The van der Waals surface area contributed by atoms with Crippen molar-refractivity contribution in [1.82, 2.24) is 9.97 Å². The molecular formula is C9H13F3N4O. The molecule has 1 aromatic heterocycles. The molecule has 0 aliphatic carbocycles. The van der Waals surface area contributed by atoms with Gasteiger partial charge in [0.25, 0.3) is 0 Å². The molecule has 0 saturated carbocycles. The maximum absolute atomic E-state index is 12.5. The van der Waals surface area contributed by atoms with E-state index in [1.807, 2.05) is 0 Å². The van der Waals surface area contributed by atoms with Gasteiger partial charge < -0.3 is 15.7 Å². The molecule has 0 unspecified atom stereocenters. The molecule has 0 aliphatic rings. The molecule has 0 aliphatic heterocycles. The van der Waals surface area contributed by atoms with Crippen molar-refractivity contribution in [2.75, 3.05) is 30.8 Å². The van der Waals surface area contributed by atoms with Crippen molar-refractivity contribution in [1.29, 1.82) is 0 Å². The number of anilines is 2. The summed E-state index contributed by atoms with van der Waals surface area (Å²) in [5.41, 5.74) is -1.01. The van der Waals surface area contributed by atoms with Gasteiger partial charge in [-0.15, -0.1) is 0 Å². The normalized spacial score (nSPS) is 11.4. The summed E-state index contributed by atoms with van der Waals surface area (Å²) in [6.07, 6.45) is -4.10. The van der Waals surface area contributed by atoms with Crippen molar-refractivity contribution in [2.45, 2.75) is 12.6 Å². The SMILES string of the molecule is CNc1cc(C(F)(F)F)nc(NCCCO)n1. The van der Waals surface area contributed by atoms with E-state index < -0.39 is 11.9 Å². The van der Waals surface area contributed by atoms with Crippen LogP contribution in [0.25, 0.3) is 0 Å². The minimum atomic E-state index is -4.51. The van der Waals surface area contributed by atoms with E-state index in [0.29, 0.717) is 13.0 Å². The highest BCUT2D eigenvalue weighted by molar-refractivity contribution is 5.42. The molecule has 3 N–H and O–H groups in total. The second-order valence-electron chi connectivity index (χ2n) is 3.21. The number of rotatable bonds is 5. The summed E-state index contributed by atoms with van der Waals surface area (Å²) in [6.45, 7) is 0.256. The van der Waals surface area contributed by atoms with Crippen LogP contribution >= 0.6 is 0 Å². The summed E-state index contributed by atoms with van der Waals surface area (Å²) in [4.78, 5) is 7.18. The number of aliphatic hydroxyl groups excluding tert-OH is 1. The Morgan fingerprint density at radius 2 is 2.06 bits per heavy atom. The van der Waals surface area contributed by atoms with E-state index in [9.17, 15) is 13.2 Å². The highest BCUT2D eigenvalue weighted by atomic mass is 19.4. The van der Waals surface area contributed by atoms with Crippen LogP contribution in [-0.4, -0.2) is 35.3 Å². The van der Waals surface area contributed by atoms with Crippen LogP contribution in [0, 0.1) is 0 Å². The van der Waals surface area contributed by atoms with Gasteiger partial charge >= 0.3 is 6.18 Å². The Balaban J connectivity index is 2.89. The van der Waals surface area contributed by atoms with Crippen molar-refractivity contribution in [3.8, 4) is 0 Å². The van der Waals surface area contributed by atoms with Crippen LogP contribution in [0.15, 0.2) is 6.07 Å². The van der Waals surface area contributed by atoms with Gasteiger partial charge in [0.1, 0.15) is 5.82 Å². The zero-order valence-corrected chi connectivity index (χ0v) is 9.17. The van der Waals surface area contributed by atoms with Gasteiger partial charge in [0.15, 0.2) is 5.69 Å². The third-order valence-electron chi connectivity index (χ3n) is 1.89. The Labute approximate surface area is 96.1 Å². The molecule has 0 atom stereocenters. The Morgan fingerprint density at radius 3 is 2.59 bits per heavy atom. The van der Waals surface area contributed by atoms with Crippen molar-refractivity contribution in [3.05, 3.63) is 11.8 Å². The van der Waals surface area contributed by atoms with Crippen LogP contribution in [0.4, 0.5) is 24.9 Å². The molecule has 17 heavy (non-hydrogen) atoms. The fourth-order valence-electron chi connectivity index (χ4n) is 1.08. The average Bonchev–Trinajstić information content (AvgIpc) is 2.28. The van der Waals surface area contributed by atoms with Gasteiger partial charge in [0.05, 0.1) is 0 Å². The summed E-state index contributed by atoms with van der Waals surface area (Å²) < 4.78 is 37.5. The number of nitrogens with zero attached hydrogens (tertiary/aromatic N) is 2. The predicted molar refractivity (Wildman–Crippen MR) is 56.8 cm³/mol. The van der Waals surface area contributed by atoms with Crippen LogP contribution in [0.1, 0.15) is 12.1 Å². The minimum Gasteiger partial charge on any atom is -0.396 e. The predicted octanol–water partition coefficient (Wildman–Crippen LogP) is 1.33. The number of alkyl halides is 3. The van der Waals surface area contributed by atoms with E-state index in [4.69, 9.17) is 5.11 Å². The van der Waals surface area contributed by atoms with Crippen molar-refractivity contribution >= 4 is 11.8 Å². The lowest BCUT2D eigenvalue weighted by atomic mass is 10.4. The summed E-state index contributed by atoms with van der Waals surface area (Å²) >= 11 is 0. The van der Waals surface area contributed by atoms with Gasteiger partial charge in [-0.05, 0) is 6.42 Å². The smallest absolute Gasteiger partial charge is 0.396 e. The fraction of sp³-hybridized carbons (Fsp3) is 0.556. The van der Waals surface area contributed by atoms with E-state index >= 15 is 0 Å². The number of aliphatic hydroxyl groups is 1. The number of nitrogens with one attached hydrogen (secondary N) is 2. The van der Waals surface area contributed by atoms with Gasteiger partial charge in [-0.3, -0.25) is 0 Å². The molecule has 1 aromatic rings. The second kappa shape index (κ2) is 5.67. The number of hydrogen-bond donors (Lipinski definition) is 3. The van der Waals surface area contributed by atoms with E-state index in [1.54, 1.807) is 0 Å². The van der Waals surface area contributed by atoms with Crippen LogP contribution < -0.4 is 10.6 Å². The zero-order chi connectivity index (χ0) is 12.9. The Kier molecular flexibility index (Phi) is 4.50. The van der Waals surface area contributed by atoms with E-state index in [1.165, 1.54) is 7.05 Å². The molecule has 0 amide bonds. The molecule has 8 heteroatoms. The highest BCUT2D eigenvalue weighted by Gasteiger charge is 2.33. The third kappa shape index (κ3) is 4.06. The van der Waals surface area contributed by atoms with E-state index in [0.717, 1.165) is 6.07 Å². The maximum Gasteiger partial charge on any atom is 0.433 e. The molecule has 96 valence electrons. The molecule has 1 heterocycles. The molecule has 0 spiro atoms. The van der Waals surface area contributed by atoms with Crippen molar-refractivity contribution < 1.29 is 18.3 Å². The van der Waals surface area contributed by atoms with Crippen molar-refractivity contribution in [3.63, 3.8) is 0 Å². The van der Waals surface area contributed by atoms with E-state index in [-0.39, 0.29) is 18.4 Å². The standard InChI is InChI=1S/C9H13F3N4O/c1-13-7-5-6(9(10,11)12)15-8(16-7)14-3-2-4-17/h5,17H,2-4H2,1H3,(H2,13,14,15,16). The molecule has 0 fully saturated rings. The van der Waals surface area contributed by atoms with Crippen LogP contribution in [0.5, 0.6) is 0 Å². The Morgan fingerprint density at radius 1 is 1.35 bits per heavy atom. The molecule has 0 bridgehead atoms. The van der Waals surface area contributed by atoms with Gasteiger partial charge in [-0.2, -0.15) is 18.2 Å². The van der Waals surface area contributed by atoms with Gasteiger partial charge in [0, 0.05) is 26.3 Å². The molecule has 1 rings (SSSR count). The van der Waals surface area contributed by atoms with Crippen LogP contribution in [0.2, 0.25) is 0 Å². The molecular weight excluding hydrogens is 237 g/mol. The highest BCUT2D eigenvalue weighted by Crippen LogP contribution is 2.29. The summed E-state index contributed by atoms with van der Waals surface area (Å²) in [5.74, 6) is -0.0311. The summed E-state index contributed by atoms with van der Waals surface area (Å²) in [6, 6.07) is 0.831. The lowest BCUT2D eigenvalue weighted by Crippen LogP contribution is -2.14. The quantitative estimate of drug-likeness (QED) is 0.688. The monoisotopic (exact) mass is 250 g/mol. The lowest BCUT2D eigenvalue weighted by Gasteiger charge is -2.10. The Hall–Kier alpha value is -1.57. The minimum absolute atomic E-state index is 0.0507. The van der Waals surface area contributed by atoms with E-state index in [2.05, 4.69) is 20.6 Å². The number of aromatic nitrogens is 2. The summed E-state index contributed by atoms with van der Waals surface area (Å²) in [5, 5.41) is 13.7. The summed E-state index contributed by atoms with van der Waals surface area (Å²) in [7, 11) is 1.47. The fourth-order valence-corrected chi connectivity index (χ4v) is 1.08. The van der Waals surface area contributed by atoms with Crippen LogP contribution in [0.3, 0.4) is 0 Å². The topological polar surface area (TPSA) is 70.1 Å². The largest absolute Gasteiger partial charge is 0.433 e. The van der Waals surface area contributed by atoms with Crippen molar-refractivity contribution in [2.24, 2.45) is 0 Å². The Bertz CT molecular complexity index is 370. The third-order valence-corrected chi connectivity index (χ3v) is 1.89. The zero-order valence-electron chi connectivity index (χ0n) is 9.17. The number of hydrogen-bond acceptors (Lipinski definition) is 5.